The maximum absolute atomic E-state index is 13.1. The molecule has 1 fully saturated rings. The van der Waals surface area contributed by atoms with Crippen molar-refractivity contribution in [3.05, 3.63) is 59.2 Å². The zero-order valence-electron chi connectivity index (χ0n) is 16.6. The number of carbonyl (C=O) groups excluding carboxylic acids is 2. The van der Waals surface area contributed by atoms with Crippen molar-refractivity contribution in [2.75, 3.05) is 24.1 Å². The number of likely N-dealkylation sites (tertiary alicyclic amines) is 1. The lowest BCUT2D eigenvalue weighted by Gasteiger charge is -2.35. The van der Waals surface area contributed by atoms with E-state index in [0.29, 0.717) is 34.3 Å². The predicted molar refractivity (Wildman–Crippen MR) is 116 cm³/mol. The molecule has 2 unspecified atom stereocenters. The van der Waals surface area contributed by atoms with Gasteiger partial charge >= 0.3 is 0 Å². The molecule has 28 heavy (non-hydrogen) atoms. The number of rotatable bonds is 3. The van der Waals surface area contributed by atoms with E-state index in [0.717, 1.165) is 25.1 Å². The SMILES string of the molecule is Cc1ccc(N)cc1C(=O)Nc1ccccc1C(=O)N1CC(C)CC(C)C1.Cl. The summed E-state index contributed by atoms with van der Waals surface area (Å²) < 4.78 is 0. The molecule has 2 atom stereocenters. The number of nitrogen functional groups attached to an aromatic ring is 1. The van der Waals surface area contributed by atoms with Gasteiger partial charge in [0.1, 0.15) is 0 Å². The van der Waals surface area contributed by atoms with Crippen LogP contribution in [0.3, 0.4) is 0 Å². The van der Waals surface area contributed by atoms with Crippen molar-refractivity contribution in [3.8, 4) is 0 Å². The molecule has 6 heteroatoms. The fourth-order valence-electron chi connectivity index (χ4n) is 3.85. The van der Waals surface area contributed by atoms with Gasteiger partial charge in [-0.2, -0.15) is 0 Å². The average Bonchev–Trinajstić information content (AvgIpc) is 2.62. The Balaban J connectivity index is 0.00000280. The normalized spacial score (nSPS) is 18.9. The minimum Gasteiger partial charge on any atom is -0.399 e. The van der Waals surface area contributed by atoms with Crippen LogP contribution < -0.4 is 11.1 Å². The molecule has 1 aliphatic heterocycles. The predicted octanol–water partition coefficient (Wildman–Crippen LogP) is 4.37. The van der Waals surface area contributed by atoms with Crippen molar-refractivity contribution < 1.29 is 9.59 Å². The van der Waals surface area contributed by atoms with Gasteiger partial charge in [-0.05, 0) is 55.0 Å². The maximum atomic E-state index is 13.1. The first-order chi connectivity index (χ1) is 12.8. The summed E-state index contributed by atoms with van der Waals surface area (Å²) in [5.41, 5.74) is 8.75. The fraction of sp³-hybridized carbons (Fsp3) is 0.364. The summed E-state index contributed by atoms with van der Waals surface area (Å²) in [6, 6.07) is 12.4. The number of benzene rings is 2. The average molecular weight is 402 g/mol. The van der Waals surface area contributed by atoms with E-state index in [1.54, 1.807) is 24.3 Å². The van der Waals surface area contributed by atoms with E-state index in [4.69, 9.17) is 5.73 Å². The Morgan fingerprint density at radius 2 is 1.68 bits per heavy atom. The molecule has 1 saturated heterocycles. The van der Waals surface area contributed by atoms with Crippen LogP contribution in [0.5, 0.6) is 0 Å². The number of hydrogen-bond acceptors (Lipinski definition) is 3. The first-order valence-electron chi connectivity index (χ1n) is 9.41. The Morgan fingerprint density at radius 3 is 2.36 bits per heavy atom. The number of carbonyl (C=O) groups is 2. The number of hydrogen-bond donors (Lipinski definition) is 2. The van der Waals surface area contributed by atoms with Crippen molar-refractivity contribution in [3.63, 3.8) is 0 Å². The second-order valence-electron chi connectivity index (χ2n) is 7.73. The zero-order chi connectivity index (χ0) is 19.6. The van der Waals surface area contributed by atoms with Gasteiger partial charge in [0.05, 0.1) is 11.3 Å². The van der Waals surface area contributed by atoms with Crippen molar-refractivity contribution >= 4 is 35.6 Å². The molecule has 1 aliphatic rings. The summed E-state index contributed by atoms with van der Waals surface area (Å²) >= 11 is 0. The number of anilines is 2. The van der Waals surface area contributed by atoms with Crippen molar-refractivity contribution in [2.24, 2.45) is 11.8 Å². The first-order valence-corrected chi connectivity index (χ1v) is 9.41. The Kier molecular flexibility index (Phi) is 7.08. The summed E-state index contributed by atoms with van der Waals surface area (Å²) in [5, 5.41) is 2.90. The van der Waals surface area contributed by atoms with Gasteiger partial charge in [0.15, 0.2) is 0 Å². The van der Waals surface area contributed by atoms with E-state index < -0.39 is 0 Å². The largest absolute Gasteiger partial charge is 0.399 e. The van der Waals surface area contributed by atoms with E-state index in [1.807, 2.05) is 30.0 Å². The standard InChI is InChI=1S/C22H27N3O2.ClH/c1-14-10-15(2)13-25(12-14)22(27)18-6-4-5-7-20(18)24-21(26)19-11-17(23)9-8-16(19)3;/h4-9,11,14-15H,10,12-13,23H2,1-3H3,(H,24,26);1H. The molecule has 0 bridgehead atoms. The van der Waals surface area contributed by atoms with Crippen molar-refractivity contribution in [1.29, 1.82) is 0 Å². The van der Waals surface area contributed by atoms with Gasteiger partial charge in [0, 0.05) is 24.3 Å². The van der Waals surface area contributed by atoms with Crippen LogP contribution in [0.2, 0.25) is 0 Å². The molecular weight excluding hydrogens is 374 g/mol. The molecular formula is C22H28ClN3O2. The smallest absolute Gasteiger partial charge is 0.256 e. The molecule has 150 valence electrons. The Labute approximate surface area is 172 Å². The topological polar surface area (TPSA) is 75.4 Å². The van der Waals surface area contributed by atoms with Crippen LogP contribution in [0.4, 0.5) is 11.4 Å². The summed E-state index contributed by atoms with van der Waals surface area (Å²) in [7, 11) is 0. The van der Waals surface area contributed by atoms with Gasteiger partial charge in [-0.15, -0.1) is 12.4 Å². The third-order valence-electron chi connectivity index (χ3n) is 5.07. The number of piperidine rings is 1. The number of nitrogens with one attached hydrogen (secondary N) is 1. The highest BCUT2D eigenvalue weighted by atomic mass is 35.5. The highest BCUT2D eigenvalue weighted by Crippen LogP contribution is 2.25. The minimum absolute atomic E-state index is 0. The molecule has 2 amide bonds. The van der Waals surface area contributed by atoms with Crippen LogP contribution in [0.15, 0.2) is 42.5 Å². The molecule has 0 spiro atoms. The molecule has 0 radical (unpaired) electrons. The van der Waals surface area contributed by atoms with Gasteiger partial charge in [0.2, 0.25) is 0 Å². The van der Waals surface area contributed by atoms with Gasteiger partial charge < -0.3 is 16.0 Å². The Morgan fingerprint density at radius 1 is 1.04 bits per heavy atom. The molecule has 2 aromatic rings. The summed E-state index contributed by atoms with van der Waals surface area (Å²) in [4.78, 5) is 27.8. The van der Waals surface area contributed by atoms with E-state index in [1.165, 1.54) is 0 Å². The van der Waals surface area contributed by atoms with Crippen LogP contribution in [0, 0.1) is 18.8 Å². The minimum atomic E-state index is -0.263. The summed E-state index contributed by atoms with van der Waals surface area (Å²) in [6.07, 6.45) is 1.14. The molecule has 3 N–H and O–H groups in total. The van der Waals surface area contributed by atoms with Crippen molar-refractivity contribution in [2.45, 2.75) is 27.2 Å². The number of halogens is 1. The Bertz CT molecular complexity index is 859. The molecule has 0 aromatic heterocycles. The van der Waals surface area contributed by atoms with Crippen molar-refractivity contribution in [1.82, 2.24) is 4.90 Å². The highest BCUT2D eigenvalue weighted by molar-refractivity contribution is 6.09. The Hall–Kier alpha value is -2.53. The number of amides is 2. The number of aryl methyl sites for hydroxylation is 1. The van der Waals surface area contributed by atoms with E-state index in [-0.39, 0.29) is 24.2 Å². The number of para-hydroxylation sites is 1. The van der Waals surface area contributed by atoms with Crippen LogP contribution in [-0.4, -0.2) is 29.8 Å². The molecule has 2 aromatic carbocycles. The van der Waals surface area contributed by atoms with Gasteiger partial charge in [0.25, 0.3) is 11.8 Å². The lowest BCUT2D eigenvalue weighted by Crippen LogP contribution is -2.42. The van der Waals surface area contributed by atoms with Crippen LogP contribution in [0.25, 0.3) is 0 Å². The molecule has 0 aliphatic carbocycles. The summed E-state index contributed by atoms with van der Waals surface area (Å²) in [5.74, 6) is 0.665. The van der Waals surface area contributed by atoms with E-state index in [9.17, 15) is 9.59 Å². The third-order valence-corrected chi connectivity index (χ3v) is 5.07. The van der Waals surface area contributed by atoms with E-state index >= 15 is 0 Å². The molecule has 0 saturated carbocycles. The first kappa shape index (κ1) is 21.8. The molecule has 3 rings (SSSR count). The molecule has 5 nitrogen and oxygen atoms in total. The highest BCUT2D eigenvalue weighted by Gasteiger charge is 2.27. The van der Waals surface area contributed by atoms with Gasteiger partial charge in [-0.25, -0.2) is 0 Å². The number of nitrogens with two attached hydrogens (primary N) is 1. The van der Waals surface area contributed by atoms with Gasteiger partial charge in [-0.3, -0.25) is 9.59 Å². The van der Waals surface area contributed by atoms with Crippen LogP contribution in [-0.2, 0) is 0 Å². The van der Waals surface area contributed by atoms with Gasteiger partial charge in [-0.1, -0.05) is 32.0 Å². The van der Waals surface area contributed by atoms with Crippen LogP contribution >= 0.6 is 12.4 Å². The van der Waals surface area contributed by atoms with E-state index in [2.05, 4.69) is 19.2 Å². The summed E-state index contributed by atoms with van der Waals surface area (Å²) in [6.45, 7) is 7.71. The lowest BCUT2D eigenvalue weighted by molar-refractivity contribution is 0.0624. The monoisotopic (exact) mass is 401 g/mol. The second kappa shape index (κ2) is 9.11. The van der Waals surface area contributed by atoms with Crippen LogP contribution in [0.1, 0.15) is 46.5 Å². The second-order valence-corrected chi connectivity index (χ2v) is 7.73. The molecule has 1 heterocycles. The zero-order valence-corrected chi connectivity index (χ0v) is 17.4. The fourth-order valence-corrected chi connectivity index (χ4v) is 3.85. The number of nitrogens with zero attached hydrogens (tertiary/aromatic N) is 1. The maximum Gasteiger partial charge on any atom is 0.256 e. The lowest BCUT2D eigenvalue weighted by atomic mass is 9.91. The quantitative estimate of drug-likeness (QED) is 0.750. The third kappa shape index (κ3) is 4.84.